The Morgan fingerprint density at radius 2 is 1.96 bits per heavy atom. The first-order chi connectivity index (χ1) is 12.2. The zero-order valence-electron chi connectivity index (χ0n) is 14.9. The standard InChI is InChI=1S/C20H30N2O3/c23-18-8-6-16(7-9-18)5-4-13-21-19(24)22-17-10-14-25-20(15-17)11-2-1-3-12-20/h6-9,17,23H,1-5,10-15H2,(H2,21,22,24). The van der Waals surface area contributed by atoms with E-state index >= 15 is 0 Å². The van der Waals surface area contributed by atoms with Crippen molar-refractivity contribution in [2.75, 3.05) is 13.2 Å². The van der Waals surface area contributed by atoms with E-state index in [0.717, 1.165) is 45.1 Å². The summed E-state index contributed by atoms with van der Waals surface area (Å²) >= 11 is 0. The molecule has 1 aromatic rings. The molecule has 1 atom stereocenters. The molecule has 0 aromatic heterocycles. The quantitative estimate of drug-likeness (QED) is 0.715. The molecule has 1 spiro atoms. The van der Waals surface area contributed by atoms with Crippen LogP contribution in [0.15, 0.2) is 24.3 Å². The number of urea groups is 1. The van der Waals surface area contributed by atoms with E-state index in [2.05, 4.69) is 10.6 Å². The summed E-state index contributed by atoms with van der Waals surface area (Å²) in [6.07, 6.45) is 9.71. The summed E-state index contributed by atoms with van der Waals surface area (Å²) in [6, 6.07) is 7.39. The lowest BCUT2D eigenvalue weighted by Crippen LogP contribution is -2.51. The fraction of sp³-hybridized carbons (Fsp3) is 0.650. The third-order valence-corrected chi connectivity index (χ3v) is 5.46. The molecule has 1 saturated heterocycles. The van der Waals surface area contributed by atoms with Crippen molar-refractivity contribution < 1.29 is 14.6 Å². The zero-order chi connectivity index (χ0) is 17.5. The maximum Gasteiger partial charge on any atom is 0.315 e. The first-order valence-electron chi connectivity index (χ1n) is 9.61. The van der Waals surface area contributed by atoms with Gasteiger partial charge in [-0.2, -0.15) is 0 Å². The minimum absolute atomic E-state index is 0.0211. The topological polar surface area (TPSA) is 70.6 Å². The Morgan fingerprint density at radius 1 is 1.20 bits per heavy atom. The van der Waals surface area contributed by atoms with Crippen molar-refractivity contribution in [3.8, 4) is 5.75 Å². The number of phenolic OH excluding ortho intramolecular Hbond substituents is 1. The number of aryl methyl sites for hydroxylation is 1. The highest BCUT2D eigenvalue weighted by atomic mass is 16.5. The second-order valence-corrected chi connectivity index (χ2v) is 7.45. The van der Waals surface area contributed by atoms with Gasteiger partial charge in [-0.1, -0.05) is 31.4 Å². The molecule has 0 radical (unpaired) electrons. The molecule has 1 aliphatic heterocycles. The molecule has 3 rings (SSSR count). The van der Waals surface area contributed by atoms with Gasteiger partial charge in [0.05, 0.1) is 5.60 Å². The molecule has 3 N–H and O–H groups in total. The molecule has 25 heavy (non-hydrogen) atoms. The maximum absolute atomic E-state index is 12.1. The molecular formula is C20H30N2O3. The van der Waals surface area contributed by atoms with E-state index in [1.54, 1.807) is 12.1 Å². The third kappa shape index (κ3) is 5.36. The summed E-state index contributed by atoms with van der Waals surface area (Å²) in [5, 5.41) is 15.4. The van der Waals surface area contributed by atoms with Crippen molar-refractivity contribution in [3.63, 3.8) is 0 Å². The third-order valence-electron chi connectivity index (χ3n) is 5.46. The molecule has 2 aliphatic rings. The number of hydrogen-bond donors (Lipinski definition) is 3. The van der Waals surface area contributed by atoms with Crippen molar-refractivity contribution in [1.29, 1.82) is 0 Å². The highest BCUT2D eigenvalue weighted by molar-refractivity contribution is 5.74. The number of carbonyl (C=O) groups excluding carboxylic acids is 1. The van der Waals surface area contributed by atoms with E-state index in [-0.39, 0.29) is 23.4 Å². The second kappa shape index (κ2) is 8.56. The van der Waals surface area contributed by atoms with E-state index in [0.29, 0.717) is 6.54 Å². The van der Waals surface area contributed by atoms with Crippen LogP contribution in [0.5, 0.6) is 5.75 Å². The lowest BCUT2D eigenvalue weighted by molar-refractivity contribution is -0.107. The van der Waals surface area contributed by atoms with Gasteiger partial charge in [-0.3, -0.25) is 0 Å². The van der Waals surface area contributed by atoms with Gasteiger partial charge >= 0.3 is 6.03 Å². The number of hydrogen-bond acceptors (Lipinski definition) is 3. The Balaban J connectivity index is 1.35. The number of ether oxygens (including phenoxy) is 1. The Hall–Kier alpha value is -1.75. The van der Waals surface area contributed by atoms with Crippen LogP contribution in [0.3, 0.4) is 0 Å². The van der Waals surface area contributed by atoms with Crippen LogP contribution < -0.4 is 10.6 Å². The molecule has 1 heterocycles. The van der Waals surface area contributed by atoms with Crippen molar-refractivity contribution in [3.05, 3.63) is 29.8 Å². The predicted octanol–water partition coefficient (Wildman–Crippen LogP) is 3.51. The lowest BCUT2D eigenvalue weighted by Gasteiger charge is -2.43. The molecule has 1 unspecified atom stereocenters. The van der Waals surface area contributed by atoms with E-state index in [1.807, 2.05) is 12.1 Å². The van der Waals surface area contributed by atoms with Gasteiger partial charge in [0.2, 0.25) is 0 Å². The van der Waals surface area contributed by atoms with Crippen molar-refractivity contribution >= 4 is 6.03 Å². The Labute approximate surface area is 150 Å². The molecule has 0 bridgehead atoms. The van der Waals surface area contributed by atoms with E-state index in [4.69, 9.17) is 4.74 Å². The average molecular weight is 346 g/mol. The van der Waals surface area contributed by atoms with Gasteiger partial charge in [0.1, 0.15) is 5.75 Å². The van der Waals surface area contributed by atoms with Gasteiger partial charge in [0.25, 0.3) is 0 Å². The SMILES string of the molecule is O=C(NCCCc1ccc(O)cc1)NC1CCOC2(CCCCC2)C1. The van der Waals surface area contributed by atoms with Crippen molar-refractivity contribution in [2.24, 2.45) is 0 Å². The molecule has 1 aliphatic carbocycles. The summed E-state index contributed by atoms with van der Waals surface area (Å²) in [4.78, 5) is 12.1. The number of rotatable bonds is 5. The molecule has 5 nitrogen and oxygen atoms in total. The molecule has 2 fully saturated rings. The monoisotopic (exact) mass is 346 g/mol. The van der Waals surface area contributed by atoms with Crippen LogP contribution in [0.25, 0.3) is 0 Å². The number of nitrogens with one attached hydrogen (secondary N) is 2. The van der Waals surface area contributed by atoms with E-state index in [1.165, 1.54) is 24.8 Å². The number of aromatic hydroxyl groups is 1. The Morgan fingerprint density at radius 3 is 2.72 bits per heavy atom. The number of benzene rings is 1. The Kier molecular flexibility index (Phi) is 6.19. The molecular weight excluding hydrogens is 316 g/mol. The van der Waals surface area contributed by atoms with Gasteiger partial charge in [0.15, 0.2) is 0 Å². The molecule has 138 valence electrons. The van der Waals surface area contributed by atoms with Crippen molar-refractivity contribution in [2.45, 2.75) is 69.4 Å². The summed E-state index contributed by atoms with van der Waals surface area (Å²) < 4.78 is 6.08. The fourth-order valence-corrected chi connectivity index (χ4v) is 4.09. The highest BCUT2D eigenvalue weighted by Crippen LogP contribution is 2.38. The van der Waals surface area contributed by atoms with Gasteiger partial charge in [0, 0.05) is 19.2 Å². The second-order valence-electron chi connectivity index (χ2n) is 7.45. The van der Waals surface area contributed by atoms with Crippen LogP contribution in [-0.4, -0.2) is 35.9 Å². The predicted molar refractivity (Wildman–Crippen MR) is 97.8 cm³/mol. The largest absolute Gasteiger partial charge is 0.508 e. The maximum atomic E-state index is 12.1. The number of carbonyl (C=O) groups is 1. The number of phenols is 1. The van der Waals surface area contributed by atoms with Gasteiger partial charge in [-0.25, -0.2) is 4.79 Å². The Bertz CT molecular complexity index is 547. The molecule has 5 heteroatoms. The normalized spacial score (nSPS) is 22.5. The van der Waals surface area contributed by atoms with Crippen LogP contribution in [0, 0.1) is 0 Å². The lowest BCUT2D eigenvalue weighted by atomic mass is 9.78. The van der Waals surface area contributed by atoms with Crippen LogP contribution in [0.1, 0.15) is 56.9 Å². The average Bonchev–Trinajstić information content (AvgIpc) is 2.61. The summed E-state index contributed by atoms with van der Waals surface area (Å²) in [5.41, 5.74) is 1.19. The van der Waals surface area contributed by atoms with E-state index < -0.39 is 0 Å². The first kappa shape index (κ1) is 18.1. The summed E-state index contributed by atoms with van der Waals surface area (Å²) in [7, 11) is 0. The van der Waals surface area contributed by atoms with Crippen LogP contribution in [0.2, 0.25) is 0 Å². The smallest absolute Gasteiger partial charge is 0.315 e. The van der Waals surface area contributed by atoms with Crippen LogP contribution in [0.4, 0.5) is 4.79 Å². The zero-order valence-corrected chi connectivity index (χ0v) is 14.9. The first-order valence-corrected chi connectivity index (χ1v) is 9.61. The summed E-state index contributed by atoms with van der Waals surface area (Å²) in [5.74, 6) is 0.286. The highest BCUT2D eigenvalue weighted by Gasteiger charge is 2.38. The fourth-order valence-electron chi connectivity index (χ4n) is 4.09. The minimum Gasteiger partial charge on any atom is -0.508 e. The minimum atomic E-state index is -0.0661. The van der Waals surface area contributed by atoms with Gasteiger partial charge in [-0.15, -0.1) is 0 Å². The van der Waals surface area contributed by atoms with Gasteiger partial charge in [-0.05, 0) is 56.2 Å². The molecule has 2 amide bonds. The molecule has 1 aromatic carbocycles. The van der Waals surface area contributed by atoms with E-state index in [9.17, 15) is 9.90 Å². The number of amides is 2. The molecule has 1 saturated carbocycles. The van der Waals surface area contributed by atoms with Crippen LogP contribution in [-0.2, 0) is 11.2 Å². The van der Waals surface area contributed by atoms with Crippen LogP contribution >= 0.6 is 0 Å². The van der Waals surface area contributed by atoms with Crippen molar-refractivity contribution in [1.82, 2.24) is 10.6 Å². The summed E-state index contributed by atoms with van der Waals surface area (Å²) in [6.45, 7) is 1.41. The van der Waals surface area contributed by atoms with Gasteiger partial charge < -0.3 is 20.5 Å².